The third-order valence-corrected chi connectivity index (χ3v) is 5.34. The van der Waals surface area contributed by atoms with E-state index in [1.165, 1.54) is 24.0 Å². The van der Waals surface area contributed by atoms with Crippen molar-refractivity contribution < 1.29 is 14.3 Å². The first-order valence-corrected chi connectivity index (χ1v) is 9.74. The smallest absolute Gasteiger partial charge is 0.231 e. The maximum Gasteiger partial charge on any atom is 0.231 e. The van der Waals surface area contributed by atoms with Gasteiger partial charge < -0.3 is 14.8 Å². The first-order valence-electron chi connectivity index (χ1n) is 9.74. The number of nitrogens with zero attached hydrogens (tertiary/aromatic N) is 1. The molecule has 2 heterocycles. The molecule has 0 unspecified atom stereocenters. The molecule has 1 N–H and O–H groups in total. The lowest BCUT2D eigenvalue weighted by Gasteiger charge is -2.28. The number of carbonyl (C=O) groups is 1. The van der Waals surface area contributed by atoms with Gasteiger partial charge in [0, 0.05) is 13.0 Å². The van der Waals surface area contributed by atoms with Crippen LogP contribution in [0.5, 0.6) is 11.5 Å². The highest BCUT2D eigenvalue weighted by molar-refractivity contribution is 5.76. The Morgan fingerprint density at radius 2 is 1.81 bits per heavy atom. The third-order valence-electron chi connectivity index (χ3n) is 5.34. The molecule has 0 spiro atoms. The van der Waals surface area contributed by atoms with Crippen molar-refractivity contribution in [1.29, 1.82) is 0 Å². The molecular weight excluding hydrogens is 340 g/mol. The molecule has 1 atom stereocenters. The Bertz CT molecular complexity index is 772. The molecule has 0 saturated carbocycles. The molecule has 1 saturated heterocycles. The molecule has 0 bridgehead atoms. The SMILES string of the molecule is O=C(CCc1ccccc1)NC[C@H](c1ccc2c(c1)OCO2)N1CCCC1. The topological polar surface area (TPSA) is 50.8 Å². The van der Waals surface area contributed by atoms with Gasteiger partial charge in [-0.3, -0.25) is 9.69 Å². The van der Waals surface area contributed by atoms with Crippen LogP contribution in [-0.4, -0.2) is 37.2 Å². The highest BCUT2D eigenvalue weighted by atomic mass is 16.7. The average Bonchev–Trinajstić information content (AvgIpc) is 3.39. The van der Waals surface area contributed by atoms with Crippen molar-refractivity contribution >= 4 is 5.91 Å². The van der Waals surface area contributed by atoms with Gasteiger partial charge in [-0.25, -0.2) is 0 Å². The predicted molar refractivity (Wildman–Crippen MR) is 104 cm³/mol. The molecule has 2 aromatic rings. The van der Waals surface area contributed by atoms with Crippen LogP contribution in [0.25, 0.3) is 0 Å². The maximum atomic E-state index is 12.4. The standard InChI is InChI=1S/C22H26N2O3/c25-22(11-8-17-6-2-1-3-7-17)23-15-19(24-12-4-5-13-24)18-9-10-20-21(14-18)27-16-26-20/h1-3,6-7,9-10,14,19H,4-5,8,11-13,15-16H2,(H,23,25)/t19-/m1/s1. The fourth-order valence-corrected chi connectivity index (χ4v) is 3.83. The van der Waals surface area contributed by atoms with E-state index >= 15 is 0 Å². The van der Waals surface area contributed by atoms with E-state index in [1.54, 1.807) is 0 Å². The molecule has 1 amide bonds. The van der Waals surface area contributed by atoms with Gasteiger partial charge in [0.05, 0.1) is 6.04 Å². The summed E-state index contributed by atoms with van der Waals surface area (Å²) in [5.41, 5.74) is 2.36. The number of amides is 1. The Morgan fingerprint density at radius 3 is 2.63 bits per heavy atom. The molecular formula is C22H26N2O3. The van der Waals surface area contributed by atoms with Gasteiger partial charge in [0.1, 0.15) is 0 Å². The molecule has 0 aliphatic carbocycles. The van der Waals surface area contributed by atoms with Gasteiger partial charge in [0.15, 0.2) is 11.5 Å². The summed E-state index contributed by atoms with van der Waals surface area (Å²) in [6.45, 7) is 3.04. The molecule has 2 aliphatic heterocycles. The van der Waals surface area contributed by atoms with E-state index in [4.69, 9.17) is 9.47 Å². The molecule has 4 rings (SSSR count). The van der Waals surface area contributed by atoms with E-state index in [-0.39, 0.29) is 18.7 Å². The number of hydrogen-bond donors (Lipinski definition) is 1. The lowest BCUT2D eigenvalue weighted by molar-refractivity contribution is -0.121. The van der Waals surface area contributed by atoms with E-state index in [1.807, 2.05) is 24.3 Å². The van der Waals surface area contributed by atoms with Gasteiger partial charge in [0.2, 0.25) is 12.7 Å². The Morgan fingerprint density at radius 1 is 1.04 bits per heavy atom. The number of benzene rings is 2. The Balaban J connectivity index is 1.38. The summed E-state index contributed by atoms with van der Waals surface area (Å²) in [6, 6.07) is 16.4. The quantitative estimate of drug-likeness (QED) is 0.817. The summed E-state index contributed by atoms with van der Waals surface area (Å²) in [4.78, 5) is 14.8. The van der Waals surface area contributed by atoms with Gasteiger partial charge in [0.25, 0.3) is 0 Å². The molecule has 5 heteroatoms. The van der Waals surface area contributed by atoms with Gasteiger partial charge in [-0.15, -0.1) is 0 Å². The number of aryl methyl sites for hydroxylation is 1. The number of nitrogens with one attached hydrogen (secondary N) is 1. The van der Waals surface area contributed by atoms with Crippen molar-refractivity contribution in [2.45, 2.75) is 31.7 Å². The zero-order valence-corrected chi connectivity index (χ0v) is 15.5. The summed E-state index contributed by atoms with van der Waals surface area (Å²) in [6.07, 6.45) is 3.70. The van der Waals surface area contributed by atoms with Crippen LogP contribution in [0.15, 0.2) is 48.5 Å². The minimum atomic E-state index is 0.101. The van der Waals surface area contributed by atoms with Gasteiger partial charge in [-0.2, -0.15) is 0 Å². The second kappa shape index (κ2) is 8.44. The molecule has 1 fully saturated rings. The lowest BCUT2D eigenvalue weighted by atomic mass is 10.0. The Labute approximate surface area is 160 Å². The molecule has 142 valence electrons. The van der Waals surface area contributed by atoms with Crippen LogP contribution in [0, 0.1) is 0 Å². The predicted octanol–water partition coefficient (Wildman–Crippen LogP) is 3.30. The summed E-state index contributed by atoms with van der Waals surface area (Å²) in [5.74, 6) is 1.70. The average molecular weight is 366 g/mol. The highest BCUT2D eigenvalue weighted by Gasteiger charge is 2.26. The van der Waals surface area contributed by atoms with Gasteiger partial charge in [-0.1, -0.05) is 36.4 Å². The second-order valence-electron chi connectivity index (χ2n) is 7.16. The first-order chi connectivity index (χ1) is 13.3. The Hall–Kier alpha value is -2.53. The number of fused-ring (bicyclic) bond motifs is 1. The van der Waals surface area contributed by atoms with E-state index in [0.717, 1.165) is 31.0 Å². The molecule has 2 aliphatic rings. The second-order valence-corrected chi connectivity index (χ2v) is 7.16. The van der Waals surface area contributed by atoms with Crippen LogP contribution in [0.1, 0.15) is 36.4 Å². The highest BCUT2D eigenvalue weighted by Crippen LogP contribution is 2.36. The monoisotopic (exact) mass is 366 g/mol. The summed E-state index contributed by atoms with van der Waals surface area (Å²) in [7, 11) is 0. The van der Waals surface area contributed by atoms with Crippen LogP contribution < -0.4 is 14.8 Å². The van der Waals surface area contributed by atoms with Crippen molar-refractivity contribution in [2.75, 3.05) is 26.4 Å². The largest absolute Gasteiger partial charge is 0.454 e. The van der Waals surface area contributed by atoms with E-state index in [2.05, 4.69) is 34.5 Å². The fourth-order valence-electron chi connectivity index (χ4n) is 3.83. The molecule has 0 aromatic heterocycles. The third kappa shape index (κ3) is 4.42. The normalized spacial score (nSPS) is 17.0. The van der Waals surface area contributed by atoms with E-state index < -0.39 is 0 Å². The lowest BCUT2D eigenvalue weighted by Crippen LogP contribution is -2.36. The number of ether oxygens (including phenoxy) is 2. The summed E-state index contributed by atoms with van der Waals surface area (Å²) >= 11 is 0. The summed E-state index contributed by atoms with van der Waals surface area (Å²) < 4.78 is 11.0. The minimum Gasteiger partial charge on any atom is -0.454 e. The minimum absolute atomic E-state index is 0.101. The number of rotatable bonds is 7. The van der Waals surface area contributed by atoms with Gasteiger partial charge >= 0.3 is 0 Å². The Kier molecular flexibility index (Phi) is 5.58. The number of carbonyl (C=O) groups excluding carboxylic acids is 1. The van der Waals surface area contributed by atoms with Crippen molar-refractivity contribution in [1.82, 2.24) is 10.2 Å². The number of hydrogen-bond acceptors (Lipinski definition) is 4. The van der Waals surface area contributed by atoms with Crippen molar-refractivity contribution in [3.05, 3.63) is 59.7 Å². The van der Waals surface area contributed by atoms with Crippen LogP contribution in [0.2, 0.25) is 0 Å². The van der Waals surface area contributed by atoms with Crippen LogP contribution in [-0.2, 0) is 11.2 Å². The zero-order chi connectivity index (χ0) is 18.5. The van der Waals surface area contributed by atoms with Crippen LogP contribution in [0.4, 0.5) is 0 Å². The molecule has 5 nitrogen and oxygen atoms in total. The van der Waals surface area contributed by atoms with E-state index in [9.17, 15) is 4.79 Å². The summed E-state index contributed by atoms with van der Waals surface area (Å²) in [5, 5.41) is 3.14. The maximum absolute atomic E-state index is 12.4. The fraction of sp³-hybridized carbons (Fsp3) is 0.409. The molecule has 0 radical (unpaired) electrons. The number of likely N-dealkylation sites (tertiary alicyclic amines) is 1. The molecule has 27 heavy (non-hydrogen) atoms. The zero-order valence-electron chi connectivity index (χ0n) is 15.5. The van der Waals surface area contributed by atoms with Crippen LogP contribution in [0.3, 0.4) is 0 Å². The van der Waals surface area contributed by atoms with Crippen molar-refractivity contribution in [3.63, 3.8) is 0 Å². The van der Waals surface area contributed by atoms with E-state index in [0.29, 0.717) is 13.0 Å². The molecule has 2 aromatic carbocycles. The van der Waals surface area contributed by atoms with Gasteiger partial charge in [-0.05, 0) is 55.6 Å². The van der Waals surface area contributed by atoms with Crippen molar-refractivity contribution in [2.24, 2.45) is 0 Å². The van der Waals surface area contributed by atoms with Crippen LogP contribution >= 0.6 is 0 Å². The van der Waals surface area contributed by atoms with Crippen molar-refractivity contribution in [3.8, 4) is 11.5 Å². The first kappa shape index (κ1) is 17.9.